The first-order valence-electron chi connectivity index (χ1n) is 19.6. The quantitative estimate of drug-likeness (QED) is 0.0291. The van der Waals surface area contributed by atoms with Crippen LogP contribution < -0.4 is 11.1 Å². The molecule has 50 heavy (non-hydrogen) atoms. The van der Waals surface area contributed by atoms with Gasteiger partial charge in [-0.05, 0) is 70.6 Å². The molecule has 0 saturated carbocycles. The van der Waals surface area contributed by atoms with E-state index in [1.165, 1.54) is 64.2 Å². The van der Waals surface area contributed by atoms with Gasteiger partial charge in [0, 0.05) is 13.0 Å². The molecule has 0 aliphatic carbocycles. The fourth-order valence-corrected chi connectivity index (χ4v) is 5.84. The highest BCUT2D eigenvalue weighted by Crippen LogP contribution is 2.43. The molecule has 0 radical (unpaired) electrons. The first-order chi connectivity index (χ1) is 24.4. The maximum atomic E-state index is 12.7. The lowest BCUT2D eigenvalue weighted by Crippen LogP contribution is -2.45. The van der Waals surface area contributed by atoms with Crippen molar-refractivity contribution in [2.45, 2.75) is 161 Å². The van der Waals surface area contributed by atoms with Crippen LogP contribution in [0.2, 0.25) is 0 Å². The molecule has 0 aromatic rings. The first-order valence-corrected chi connectivity index (χ1v) is 21.1. The van der Waals surface area contributed by atoms with Crippen LogP contribution in [-0.4, -0.2) is 47.8 Å². The van der Waals surface area contributed by atoms with Crippen LogP contribution in [0, 0.1) is 0 Å². The van der Waals surface area contributed by atoms with Crippen LogP contribution in [0.5, 0.6) is 0 Å². The van der Waals surface area contributed by atoms with Crippen molar-refractivity contribution in [3.05, 3.63) is 72.9 Å². The number of unbranched alkanes of at least 4 members (excludes halogenated alkanes) is 13. The molecule has 0 fully saturated rings. The van der Waals surface area contributed by atoms with Gasteiger partial charge < -0.3 is 21.1 Å². The smallest absolute Gasteiger partial charge is 0.387 e. The number of phosphoric acid groups is 1. The van der Waals surface area contributed by atoms with Crippen molar-refractivity contribution in [2.75, 3.05) is 19.8 Å². The zero-order valence-corrected chi connectivity index (χ0v) is 32.5. The Hall–Kier alpha value is -2.06. The standard InChI is InChI=1S/C41H73N2O6P/c1-3-5-7-9-11-13-15-17-19-21-22-24-26-28-30-32-34-40(44)39(38-49-50(46,47)48-37-36-42)43-41(45)35-33-31-29-27-25-23-20-18-16-14-12-10-8-6-4-2/h6,8,12,14,18,20,24-27,32,34,39-40,44H,3-5,7,9-11,13,15-17,19,21-23,28-31,33,35-38,42H2,1-2H3,(H,43,45)(H,46,47)/b8-6-,14-12-,20-18-,26-24+,27-25-,34-32+. The Labute approximate surface area is 306 Å². The normalized spacial score (nSPS) is 15.1. The number of amides is 1. The van der Waals surface area contributed by atoms with Crippen LogP contribution in [0.25, 0.3) is 0 Å². The number of aliphatic hydroxyl groups is 1. The van der Waals surface area contributed by atoms with Crippen LogP contribution >= 0.6 is 7.82 Å². The third-order valence-electron chi connectivity index (χ3n) is 8.02. The lowest BCUT2D eigenvalue weighted by atomic mass is 10.1. The van der Waals surface area contributed by atoms with E-state index in [0.29, 0.717) is 6.42 Å². The van der Waals surface area contributed by atoms with Gasteiger partial charge in [0.15, 0.2) is 0 Å². The van der Waals surface area contributed by atoms with Crippen LogP contribution in [-0.2, 0) is 18.4 Å². The second kappa shape index (κ2) is 36.7. The topological polar surface area (TPSA) is 131 Å². The van der Waals surface area contributed by atoms with Crippen molar-refractivity contribution in [2.24, 2.45) is 5.73 Å². The van der Waals surface area contributed by atoms with Gasteiger partial charge in [-0.15, -0.1) is 0 Å². The SMILES string of the molecule is CC/C=C\C/C=C\C/C=C\C/C=C\CCCCC(=O)NC(COP(=O)(O)OCCN)C(O)/C=C/CC/C=C/CCCCCCCCCCCC. The highest BCUT2D eigenvalue weighted by Gasteiger charge is 2.26. The summed E-state index contributed by atoms with van der Waals surface area (Å²) in [5.74, 6) is -0.248. The minimum Gasteiger partial charge on any atom is -0.387 e. The van der Waals surface area contributed by atoms with E-state index >= 15 is 0 Å². The van der Waals surface area contributed by atoms with E-state index in [0.717, 1.165) is 57.8 Å². The zero-order valence-electron chi connectivity index (χ0n) is 31.6. The molecule has 8 nitrogen and oxygen atoms in total. The van der Waals surface area contributed by atoms with Crippen molar-refractivity contribution in [3.8, 4) is 0 Å². The summed E-state index contributed by atoms with van der Waals surface area (Å²) in [6, 6.07) is -0.901. The van der Waals surface area contributed by atoms with E-state index in [4.69, 9.17) is 14.8 Å². The maximum absolute atomic E-state index is 12.7. The van der Waals surface area contributed by atoms with Gasteiger partial charge in [0.1, 0.15) is 0 Å². The zero-order chi connectivity index (χ0) is 36.8. The minimum atomic E-state index is -4.36. The van der Waals surface area contributed by atoms with Crippen molar-refractivity contribution >= 4 is 13.7 Å². The van der Waals surface area contributed by atoms with Crippen molar-refractivity contribution in [1.29, 1.82) is 0 Å². The highest BCUT2D eigenvalue weighted by atomic mass is 31.2. The first kappa shape index (κ1) is 47.9. The number of allylic oxidation sites excluding steroid dienone is 11. The minimum absolute atomic E-state index is 0.0635. The maximum Gasteiger partial charge on any atom is 0.472 e. The molecule has 5 N–H and O–H groups in total. The summed E-state index contributed by atoms with van der Waals surface area (Å²) in [7, 11) is -4.36. The Morgan fingerprint density at radius 1 is 0.680 bits per heavy atom. The lowest BCUT2D eigenvalue weighted by molar-refractivity contribution is -0.123. The Morgan fingerprint density at radius 2 is 1.18 bits per heavy atom. The molecule has 1 amide bonds. The average Bonchev–Trinajstić information content (AvgIpc) is 3.10. The number of nitrogens with one attached hydrogen (secondary N) is 1. The highest BCUT2D eigenvalue weighted by molar-refractivity contribution is 7.47. The summed E-state index contributed by atoms with van der Waals surface area (Å²) in [6.45, 7) is 3.94. The van der Waals surface area contributed by atoms with Gasteiger partial charge >= 0.3 is 7.82 Å². The molecule has 9 heteroatoms. The van der Waals surface area contributed by atoms with Crippen LogP contribution in [0.15, 0.2) is 72.9 Å². The Morgan fingerprint density at radius 3 is 1.78 bits per heavy atom. The monoisotopic (exact) mass is 721 g/mol. The van der Waals surface area contributed by atoms with Crippen LogP contribution in [0.3, 0.4) is 0 Å². The van der Waals surface area contributed by atoms with Gasteiger partial charge in [-0.2, -0.15) is 0 Å². The molecule has 0 aliphatic rings. The molecule has 0 rings (SSSR count). The van der Waals surface area contributed by atoms with Gasteiger partial charge in [-0.3, -0.25) is 13.8 Å². The summed E-state index contributed by atoms with van der Waals surface area (Å²) in [5, 5.41) is 13.6. The second-order valence-corrected chi connectivity index (χ2v) is 14.2. The number of hydrogen-bond donors (Lipinski definition) is 4. The largest absolute Gasteiger partial charge is 0.472 e. The number of carbonyl (C=O) groups is 1. The molecular weight excluding hydrogens is 647 g/mol. The molecule has 0 saturated heterocycles. The fraction of sp³-hybridized carbons (Fsp3) is 0.683. The molecule has 0 aromatic carbocycles. The van der Waals surface area contributed by atoms with Gasteiger partial charge in [0.05, 0.1) is 25.4 Å². The molecule has 0 aliphatic heterocycles. The van der Waals surface area contributed by atoms with Gasteiger partial charge in [0.25, 0.3) is 0 Å². The summed E-state index contributed by atoms with van der Waals surface area (Å²) in [4.78, 5) is 22.6. The number of aliphatic hydroxyl groups excluding tert-OH is 1. The molecule has 288 valence electrons. The fourth-order valence-electron chi connectivity index (χ4n) is 5.08. The Bertz CT molecular complexity index is 1010. The number of hydrogen-bond acceptors (Lipinski definition) is 6. The third-order valence-corrected chi connectivity index (χ3v) is 9.00. The Balaban J connectivity index is 4.45. The number of carbonyl (C=O) groups excluding carboxylic acids is 1. The predicted octanol–water partition coefficient (Wildman–Crippen LogP) is 10.5. The van der Waals surface area contributed by atoms with E-state index in [1.807, 2.05) is 6.08 Å². The molecule has 3 atom stereocenters. The molecule has 0 bridgehead atoms. The number of phosphoric ester groups is 1. The predicted molar refractivity (Wildman–Crippen MR) is 212 cm³/mol. The molecule has 0 aromatic heterocycles. The Kier molecular flexibility index (Phi) is 35.2. The summed E-state index contributed by atoms with van der Waals surface area (Å²) >= 11 is 0. The molecular formula is C41H73N2O6P. The summed E-state index contributed by atoms with van der Waals surface area (Å²) in [5.41, 5.74) is 5.35. The van der Waals surface area contributed by atoms with Gasteiger partial charge in [0.2, 0.25) is 5.91 Å². The number of rotatable bonds is 35. The van der Waals surface area contributed by atoms with Crippen LogP contribution in [0.1, 0.15) is 149 Å². The van der Waals surface area contributed by atoms with Crippen molar-refractivity contribution in [3.63, 3.8) is 0 Å². The molecule has 0 spiro atoms. The van der Waals surface area contributed by atoms with E-state index in [1.54, 1.807) is 6.08 Å². The molecule has 3 unspecified atom stereocenters. The van der Waals surface area contributed by atoms with E-state index in [2.05, 4.69) is 79.9 Å². The lowest BCUT2D eigenvalue weighted by Gasteiger charge is -2.23. The third kappa shape index (κ3) is 34.4. The van der Waals surface area contributed by atoms with Crippen molar-refractivity contribution < 1.29 is 28.4 Å². The van der Waals surface area contributed by atoms with Crippen LogP contribution in [0.4, 0.5) is 0 Å². The van der Waals surface area contributed by atoms with Gasteiger partial charge in [-0.25, -0.2) is 4.57 Å². The second-order valence-electron chi connectivity index (χ2n) is 12.7. The van der Waals surface area contributed by atoms with Crippen molar-refractivity contribution in [1.82, 2.24) is 5.32 Å². The average molecular weight is 721 g/mol. The summed E-state index contributed by atoms with van der Waals surface area (Å²) < 4.78 is 22.0. The van der Waals surface area contributed by atoms with E-state index in [9.17, 15) is 19.4 Å². The summed E-state index contributed by atoms with van der Waals surface area (Å²) in [6.07, 6.45) is 46.7. The molecule has 0 heterocycles. The van der Waals surface area contributed by atoms with E-state index in [-0.39, 0.29) is 32.1 Å². The van der Waals surface area contributed by atoms with E-state index < -0.39 is 20.0 Å². The number of nitrogens with two attached hydrogens (primary N) is 1. The van der Waals surface area contributed by atoms with Gasteiger partial charge in [-0.1, -0.05) is 145 Å².